The fourth-order valence-corrected chi connectivity index (χ4v) is 1.72. The second kappa shape index (κ2) is 4.74. The van der Waals surface area contributed by atoms with Crippen LogP contribution in [-0.2, 0) is 0 Å². The van der Waals surface area contributed by atoms with Crippen molar-refractivity contribution in [3.8, 4) is 22.8 Å². The number of nitrogens with zero attached hydrogens (tertiary/aromatic N) is 1. The van der Waals surface area contributed by atoms with Crippen molar-refractivity contribution in [1.82, 2.24) is 4.98 Å². The van der Waals surface area contributed by atoms with Crippen LogP contribution in [0.4, 0.5) is 5.69 Å². The van der Waals surface area contributed by atoms with Crippen molar-refractivity contribution in [3.63, 3.8) is 0 Å². The largest absolute Gasteiger partial charge is 0.493 e. The standard InChI is InChI=1S/C13H14N2O2/c1-16-11-7-3-5-9(13(11)17-2)12-10(14)6-4-8-15-12/h3-8H,14H2,1-2H3. The molecule has 2 N–H and O–H groups in total. The fraction of sp³-hybridized carbons (Fsp3) is 0.154. The fourth-order valence-electron chi connectivity index (χ4n) is 1.72. The number of benzene rings is 1. The highest BCUT2D eigenvalue weighted by Gasteiger charge is 2.13. The summed E-state index contributed by atoms with van der Waals surface area (Å²) in [5.74, 6) is 1.30. The molecular weight excluding hydrogens is 216 g/mol. The number of ether oxygens (including phenoxy) is 2. The number of anilines is 1. The Bertz CT molecular complexity index is 527. The van der Waals surface area contributed by atoms with Crippen LogP contribution in [0.1, 0.15) is 0 Å². The van der Waals surface area contributed by atoms with E-state index >= 15 is 0 Å². The lowest BCUT2D eigenvalue weighted by Crippen LogP contribution is -1.97. The molecule has 0 aliphatic heterocycles. The van der Waals surface area contributed by atoms with Crippen LogP contribution in [0, 0.1) is 0 Å². The van der Waals surface area contributed by atoms with Crippen molar-refractivity contribution in [2.24, 2.45) is 0 Å². The minimum Gasteiger partial charge on any atom is -0.493 e. The molecule has 1 heterocycles. The van der Waals surface area contributed by atoms with Crippen molar-refractivity contribution in [2.45, 2.75) is 0 Å². The molecule has 2 rings (SSSR count). The second-order valence-corrected chi connectivity index (χ2v) is 3.48. The quantitative estimate of drug-likeness (QED) is 0.879. The molecule has 0 atom stereocenters. The zero-order valence-corrected chi connectivity index (χ0v) is 9.81. The Hall–Kier alpha value is -2.23. The van der Waals surface area contributed by atoms with Crippen LogP contribution in [0.15, 0.2) is 36.5 Å². The first-order chi connectivity index (χ1) is 8.27. The topological polar surface area (TPSA) is 57.4 Å². The van der Waals surface area contributed by atoms with Gasteiger partial charge in [0.15, 0.2) is 11.5 Å². The number of para-hydroxylation sites is 1. The predicted molar refractivity (Wildman–Crippen MR) is 67.2 cm³/mol. The van der Waals surface area contributed by atoms with Crippen molar-refractivity contribution in [3.05, 3.63) is 36.5 Å². The van der Waals surface area contributed by atoms with Gasteiger partial charge in [0, 0.05) is 11.8 Å². The van der Waals surface area contributed by atoms with E-state index in [1.54, 1.807) is 32.5 Å². The highest BCUT2D eigenvalue weighted by atomic mass is 16.5. The van der Waals surface area contributed by atoms with Gasteiger partial charge in [0.05, 0.1) is 25.6 Å². The zero-order chi connectivity index (χ0) is 12.3. The molecule has 0 aliphatic carbocycles. The summed E-state index contributed by atoms with van der Waals surface area (Å²) < 4.78 is 10.6. The maximum Gasteiger partial charge on any atom is 0.170 e. The molecule has 2 aromatic rings. The molecule has 0 bridgehead atoms. The molecule has 0 saturated heterocycles. The smallest absolute Gasteiger partial charge is 0.170 e. The molecule has 17 heavy (non-hydrogen) atoms. The average molecular weight is 230 g/mol. The first-order valence-electron chi connectivity index (χ1n) is 5.19. The van der Waals surface area contributed by atoms with E-state index in [1.807, 2.05) is 18.2 Å². The van der Waals surface area contributed by atoms with Crippen LogP contribution in [0.5, 0.6) is 11.5 Å². The number of hydrogen-bond acceptors (Lipinski definition) is 4. The van der Waals surface area contributed by atoms with Crippen LogP contribution in [0.3, 0.4) is 0 Å². The Morgan fingerprint density at radius 2 is 1.88 bits per heavy atom. The molecule has 0 radical (unpaired) electrons. The molecule has 0 unspecified atom stereocenters. The second-order valence-electron chi connectivity index (χ2n) is 3.48. The highest BCUT2D eigenvalue weighted by molar-refractivity contribution is 5.79. The Balaban J connectivity index is 2.63. The summed E-state index contributed by atoms with van der Waals surface area (Å²) in [5.41, 5.74) is 8.04. The van der Waals surface area contributed by atoms with Gasteiger partial charge in [0.25, 0.3) is 0 Å². The summed E-state index contributed by atoms with van der Waals surface area (Å²) in [4.78, 5) is 4.27. The lowest BCUT2D eigenvalue weighted by molar-refractivity contribution is 0.356. The predicted octanol–water partition coefficient (Wildman–Crippen LogP) is 2.35. The number of pyridine rings is 1. The van der Waals surface area contributed by atoms with Gasteiger partial charge in [-0.15, -0.1) is 0 Å². The lowest BCUT2D eigenvalue weighted by Gasteiger charge is -2.13. The van der Waals surface area contributed by atoms with Crippen LogP contribution < -0.4 is 15.2 Å². The van der Waals surface area contributed by atoms with Crippen LogP contribution in [0.2, 0.25) is 0 Å². The molecular formula is C13H14N2O2. The summed E-state index contributed by atoms with van der Waals surface area (Å²) in [6.45, 7) is 0. The Morgan fingerprint density at radius 1 is 1.06 bits per heavy atom. The van der Waals surface area contributed by atoms with E-state index < -0.39 is 0 Å². The Labute approximate surface area is 100 Å². The van der Waals surface area contributed by atoms with E-state index in [2.05, 4.69) is 4.98 Å². The molecule has 0 fully saturated rings. The van der Waals surface area contributed by atoms with E-state index in [0.29, 0.717) is 22.9 Å². The third kappa shape index (κ3) is 2.01. The first-order valence-corrected chi connectivity index (χ1v) is 5.19. The van der Waals surface area contributed by atoms with Gasteiger partial charge in [-0.25, -0.2) is 0 Å². The van der Waals surface area contributed by atoms with Gasteiger partial charge in [-0.05, 0) is 24.3 Å². The molecule has 1 aromatic heterocycles. The van der Waals surface area contributed by atoms with Gasteiger partial charge in [0.1, 0.15) is 0 Å². The summed E-state index contributed by atoms with van der Waals surface area (Å²) in [6.07, 6.45) is 1.70. The van der Waals surface area contributed by atoms with Gasteiger partial charge in [0.2, 0.25) is 0 Å². The van der Waals surface area contributed by atoms with Crippen molar-refractivity contribution in [1.29, 1.82) is 0 Å². The summed E-state index contributed by atoms with van der Waals surface area (Å²) >= 11 is 0. The van der Waals surface area contributed by atoms with E-state index in [9.17, 15) is 0 Å². The normalized spacial score (nSPS) is 10.0. The van der Waals surface area contributed by atoms with Gasteiger partial charge >= 0.3 is 0 Å². The van der Waals surface area contributed by atoms with Crippen LogP contribution in [0.25, 0.3) is 11.3 Å². The maximum atomic E-state index is 5.91. The van der Waals surface area contributed by atoms with Crippen molar-refractivity contribution in [2.75, 3.05) is 20.0 Å². The van der Waals surface area contributed by atoms with Gasteiger partial charge in [-0.3, -0.25) is 4.98 Å². The van der Waals surface area contributed by atoms with Gasteiger partial charge < -0.3 is 15.2 Å². The Kier molecular flexibility index (Phi) is 3.14. The van der Waals surface area contributed by atoms with Gasteiger partial charge in [-0.1, -0.05) is 6.07 Å². The summed E-state index contributed by atoms with van der Waals surface area (Å²) in [7, 11) is 3.20. The first kappa shape index (κ1) is 11.3. The number of aromatic nitrogens is 1. The van der Waals surface area contributed by atoms with Crippen LogP contribution in [-0.4, -0.2) is 19.2 Å². The van der Waals surface area contributed by atoms with Crippen LogP contribution >= 0.6 is 0 Å². The third-order valence-corrected chi connectivity index (χ3v) is 2.50. The van der Waals surface area contributed by atoms with Crippen molar-refractivity contribution < 1.29 is 9.47 Å². The summed E-state index contributed by atoms with van der Waals surface area (Å²) in [5, 5.41) is 0. The summed E-state index contributed by atoms with van der Waals surface area (Å²) in [6, 6.07) is 9.22. The van der Waals surface area contributed by atoms with E-state index in [0.717, 1.165) is 5.56 Å². The molecule has 1 aromatic carbocycles. The number of rotatable bonds is 3. The third-order valence-electron chi connectivity index (χ3n) is 2.50. The SMILES string of the molecule is COc1cccc(-c2ncccc2N)c1OC. The minimum atomic E-state index is 0.610. The molecule has 0 aliphatic rings. The molecule has 88 valence electrons. The molecule has 4 heteroatoms. The molecule has 0 spiro atoms. The van der Waals surface area contributed by atoms with Gasteiger partial charge in [-0.2, -0.15) is 0 Å². The number of nitrogens with two attached hydrogens (primary N) is 1. The maximum absolute atomic E-state index is 5.91. The molecule has 0 saturated carbocycles. The monoisotopic (exact) mass is 230 g/mol. The minimum absolute atomic E-state index is 0.610. The number of nitrogen functional groups attached to an aromatic ring is 1. The average Bonchev–Trinajstić information content (AvgIpc) is 2.38. The molecule has 4 nitrogen and oxygen atoms in total. The lowest BCUT2D eigenvalue weighted by atomic mass is 10.1. The van der Waals surface area contributed by atoms with E-state index in [1.165, 1.54) is 0 Å². The number of hydrogen-bond donors (Lipinski definition) is 1. The van der Waals surface area contributed by atoms with Crippen molar-refractivity contribution >= 4 is 5.69 Å². The zero-order valence-electron chi connectivity index (χ0n) is 9.81. The highest BCUT2D eigenvalue weighted by Crippen LogP contribution is 2.38. The van der Waals surface area contributed by atoms with E-state index in [-0.39, 0.29) is 0 Å². The van der Waals surface area contributed by atoms with E-state index in [4.69, 9.17) is 15.2 Å². The number of methoxy groups -OCH3 is 2. The Morgan fingerprint density at radius 3 is 2.53 bits per heavy atom. The molecule has 0 amide bonds.